The molecule has 1 amide bonds. The summed E-state index contributed by atoms with van der Waals surface area (Å²) in [6.45, 7) is 2.88. The van der Waals surface area contributed by atoms with E-state index < -0.39 is 27.7 Å². The molecular formula is C22H25F3N2O4S. The third-order valence-corrected chi connectivity index (χ3v) is 7.03. The van der Waals surface area contributed by atoms with Crippen molar-refractivity contribution in [1.82, 2.24) is 4.31 Å². The smallest absolute Gasteiger partial charge is 0.416 e. The lowest BCUT2D eigenvalue weighted by atomic mass is 10.1. The van der Waals surface area contributed by atoms with Crippen molar-refractivity contribution in [2.45, 2.75) is 43.7 Å². The van der Waals surface area contributed by atoms with Crippen LogP contribution in [-0.4, -0.2) is 38.3 Å². The molecule has 1 N–H and O–H groups in total. The van der Waals surface area contributed by atoms with Crippen LogP contribution < -0.4 is 10.1 Å². The van der Waals surface area contributed by atoms with Gasteiger partial charge in [-0.05, 0) is 55.7 Å². The second kappa shape index (κ2) is 9.91. The van der Waals surface area contributed by atoms with Crippen molar-refractivity contribution in [2.75, 3.05) is 25.0 Å². The second-order valence-corrected chi connectivity index (χ2v) is 9.39. The number of nitrogens with one attached hydrogen (secondary N) is 1. The molecule has 6 nitrogen and oxygen atoms in total. The first-order valence-electron chi connectivity index (χ1n) is 10.3. The predicted molar refractivity (Wildman–Crippen MR) is 114 cm³/mol. The molecule has 0 bridgehead atoms. The van der Waals surface area contributed by atoms with Gasteiger partial charge >= 0.3 is 6.18 Å². The Morgan fingerprint density at radius 2 is 1.72 bits per heavy atom. The zero-order valence-electron chi connectivity index (χ0n) is 17.6. The van der Waals surface area contributed by atoms with Crippen LogP contribution in [0.2, 0.25) is 0 Å². The number of benzene rings is 2. The number of carbonyl (C=O) groups is 1. The van der Waals surface area contributed by atoms with Gasteiger partial charge < -0.3 is 10.1 Å². The molecule has 1 aliphatic rings. The summed E-state index contributed by atoms with van der Waals surface area (Å²) in [5.41, 5.74) is -0.121. The van der Waals surface area contributed by atoms with Crippen molar-refractivity contribution in [1.29, 1.82) is 0 Å². The Balaban J connectivity index is 1.78. The summed E-state index contributed by atoms with van der Waals surface area (Å²) in [7, 11) is -3.80. The fourth-order valence-corrected chi connectivity index (χ4v) is 5.18. The number of anilines is 1. The van der Waals surface area contributed by atoms with Crippen LogP contribution in [-0.2, 0) is 27.4 Å². The number of hydrogen-bond acceptors (Lipinski definition) is 4. The van der Waals surface area contributed by atoms with Crippen molar-refractivity contribution in [3.05, 3.63) is 53.6 Å². The van der Waals surface area contributed by atoms with E-state index in [0.29, 0.717) is 18.7 Å². The van der Waals surface area contributed by atoms with Crippen LogP contribution >= 0.6 is 0 Å². The molecule has 2 aromatic rings. The first kappa shape index (κ1) is 24.1. The van der Waals surface area contributed by atoms with Gasteiger partial charge in [0.25, 0.3) is 0 Å². The molecule has 174 valence electrons. The van der Waals surface area contributed by atoms with Gasteiger partial charge in [0.2, 0.25) is 15.9 Å². The Labute approximate surface area is 185 Å². The summed E-state index contributed by atoms with van der Waals surface area (Å²) in [6.07, 6.45) is -2.05. The highest BCUT2D eigenvalue weighted by molar-refractivity contribution is 7.89. The van der Waals surface area contributed by atoms with E-state index in [0.717, 1.165) is 31.4 Å². The molecule has 3 rings (SSSR count). The fraction of sp³-hybridized carbons (Fsp3) is 0.409. The van der Waals surface area contributed by atoms with Gasteiger partial charge in [-0.2, -0.15) is 17.5 Å². The molecule has 1 heterocycles. The van der Waals surface area contributed by atoms with Crippen LogP contribution in [0.5, 0.6) is 5.75 Å². The Hall–Kier alpha value is -2.59. The van der Waals surface area contributed by atoms with Crippen LogP contribution in [0.25, 0.3) is 0 Å². The van der Waals surface area contributed by atoms with Gasteiger partial charge in [-0.25, -0.2) is 8.42 Å². The van der Waals surface area contributed by atoms with Gasteiger partial charge in [-0.3, -0.25) is 4.79 Å². The van der Waals surface area contributed by atoms with Crippen LogP contribution in [0.1, 0.15) is 37.3 Å². The summed E-state index contributed by atoms with van der Waals surface area (Å²) in [6, 6.07) is 8.71. The third-order valence-electron chi connectivity index (χ3n) is 5.11. The maximum absolute atomic E-state index is 13.2. The van der Waals surface area contributed by atoms with E-state index in [2.05, 4.69) is 5.32 Å². The fourth-order valence-electron chi connectivity index (χ4n) is 3.51. The molecule has 1 saturated heterocycles. The number of hydrogen-bond donors (Lipinski definition) is 1. The molecule has 10 heteroatoms. The van der Waals surface area contributed by atoms with E-state index in [1.54, 1.807) is 6.92 Å². The Bertz CT molecular complexity index is 1050. The zero-order chi connectivity index (χ0) is 23.4. The number of halogens is 3. The molecule has 32 heavy (non-hydrogen) atoms. The molecule has 0 aromatic heterocycles. The zero-order valence-corrected chi connectivity index (χ0v) is 18.4. The maximum atomic E-state index is 13.2. The lowest BCUT2D eigenvalue weighted by Crippen LogP contribution is -2.35. The number of nitrogens with zero attached hydrogens (tertiary/aromatic N) is 1. The average Bonchev–Trinajstić information content (AvgIpc) is 2.75. The standard InChI is InChI=1S/C22H25F3N2O4S/c1-2-31-19-11-10-18(15-20(19)32(29,30)27-12-4-3-5-13-27)26-21(28)14-16-6-8-17(9-7-16)22(23,24)25/h6-11,15H,2-5,12-14H2,1H3,(H,26,28). The lowest BCUT2D eigenvalue weighted by Gasteiger charge is -2.27. The highest BCUT2D eigenvalue weighted by Crippen LogP contribution is 2.32. The second-order valence-electron chi connectivity index (χ2n) is 7.48. The SMILES string of the molecule is CCOc1ccc(NC(=O)Cc2ccc(C(F)(F)F)cc2)cc1S(=O)(=O)N1CCCCC1. The number of ether oxygens (including phenoxy) is 1. The maximum Gasteiger partial charge on any atom is 0.416 e. The summed E-state index contributed by atoms with van der Waals surface area (Å²) in [5.74, 6) is -0.269. The quantitative estimate of drug-likeness (QED) is 0.648. The molecule has 0 radical (unpaired) electrons. The van der Waals surface area contributed by atoms with Gasteiger partial charge in [-0.1, -0.05) is 18.6 Å². The number of carbonyl (C=O) groups excluding carboxylic acids is 1. The molecule has 0 unspecified atom stereocenters. The van der Waals surface area contributed by atoms with E-state index in [4.69, 9.17) is 4.74 Å². The van der Waals surface area contributed by atoms with E-state index in [-0.39, 0.29) is 29.4 Å². The number of alkyl halides is 3. The van der Waals surface area contributed by atoms with Crippen molar-refractivity contribution < 1.29 is 31.1 Å². The van der Waals surface area contributed by atoms with E-state index in [1.165, 1.54) is 34.6 Å². The van der Waals surface area contributed by atoms with E-state index >= 15 is 0 Å². The molecule has 0 spiro atoms. The molecule has 0 saturated carbocycles. The van der Waals surface area contributed by atoms with Crippen molar-refractivity contribution >= 4 is 21.6 Å². The van der Waals surface area contributed by atoms with Crippen molar-refractivity contribution in [2.24, 2.45) is 0 Å². The van der Waals surface area contributed by atoms with Gasteiger partial charge in [0, 0.05) is 18.8 Å². The topological polar surface area (TPSA) is 75.7 Å². The number of sulfonamides is 1. The number of amides is 1. The normalized spacial score (nSPS) is 15.4. The summed E-state index contributed by atoms with van der Waals surface area (Å²) in [5, 5.41) is 2.62. The minimum absolute atomic E-state index is 0.0198. The van der Waals surface area contributed by atoms with E-state index in [9.17, 15) is 26.4 Å². The van der Waals surface area contributed by atoms with E-state index in [1.807, 2.05) is 0 Å². The Morgan fingerprint density at radius 1 is 1.06 bits per heavy atom. The predicted octanol–water partition coefficient (Wildman–Crippen LogP) is 4.46. The first-order chi connectivity index (χ1) is 15.1. The summed E-state index contributed by atoms with van der Waals surface area (Å²) in [4.78, 5) is 12.4. The van der Waals surface area contributed by atoms with Crippen LogP contribution in [0.4, 0.5) is 18.9 Å². The van der Waals surface area contributed by atoms with Crippen LogP contribution in [0.15, 0.2) is 47.4 Å². The molecule has 0 aliphatic carbocycles. The Morgan fingerprint density at radius 3 is 2.31 bits per heavy atom. The highest BCUT2D eigenvalue weighted by Gasteiger charge is 2.31. The largest absolute Gasteiger partial charge is 0.492 e. The minimum Gasteiger partial charge on any atom is -0.492 e. The monoisotopic (exact) mass is 470 g/mol. The van der Waals surface area contributed by atoms with Gasteiger partial charge in [-0.15, -0.1) is 0 Å². The first-order valence-corrected chi connectivity index (χ1v) is 11.8. The van der Waals surface area contributed by atoms with Gasteiger partial charge in [0.15, 0.2) is 0 Å². The lowest BCUT2D eigenvalue weighted by molar-refractivity contribution is -0.137. The molecule has 1 aliphatic heterocycles. The summed E-state index contributed by atoms with van der Waals surface area (Å²) < 4.78 is 71.3. The van der Waals surface area contributed by atoms with Gasteiger partial charge in [0.05, 0.1) is 18.6 Å². The number of piperidine rings is 1. The molecule has 2 aromatic carbocycles. The molecule has 1 fully saturated rings. The van der Waals surface area contributed by atoms with Crippen LogP contribution in [0.3, 0.4) is 0 Å². The highest BCUT2D eigenvalue weighted by atomic mass is 32.2. The van der Waals surface area contributed by atoms with Crippen molar-refractivity contribution in [3.8, 4) is 5.75 Å². The van der Waals surface area contributed by atoms with Crippen molar-refractivity contribution in [3.63, 3.8) is 0 Å². The summed E-state index contributed by atoms with van der Waals surface area (Å²) >= 11 is 0. The van der Waals surface area contributed by atoms with Crippen LogP contribution in [0, 0.1) is 0 Å². The number of rotatable bonds is 7. The third kappa shape index (κ3) is 5.80. The Kier molecular flexibility index (Phi) is 7.45. The molecular weight excluding hydrogens is 445 g/mol. The minimum atomic E-state index is -4.45. The average molecular weight is 471 g/mol. The van der Waals surface area contributed by atoms with Gasteiger partial charge in [0.1, 0.15) is 10.6 Å². The molecule has 0 atom stereocenters.